The molecule has 7 nitrogen and oxygen atoms in total. The predicted octanol–water partition coefficient (Wildman–Crippen LogP) is 5.48. The summed E-state index contributed by atoms with van der Waals surface area (Å²) in [6.45, 7) is 5.79. The number of pyridine rings is 1. The molecule has 0 unspecified atom stereocenters. The third kappa shape index (κ3) is 6.76. The number of benzene rings is 1. The Bertz CT molecular complexity index is 1110. The molecule has 0 saturated carbocycles. The SMILES string of the molecule is CC.CCOC(=O)c1cc[nH]c1C(=NC(=N)c1cccc(C(F)(F)F)n1)Oc1ccccc1. The number of esters is 1. The van der Waals surface area contributed by atoms with Crippen LogP contribution in [0.15, 0.2) is 65.8 Å². The zero-order valence-corrected chi connectivity index (χ0v) is 18.2. The van der Waals surface area contributed by atoms with Crippen LogP contribution in [-0.2, 0) is 10.9 Å². The molecule has 0 atom stereocenters. The molecule has 2 heterocycles. The fraction of sp³-hybridized carbons (Fsp3) is 0.217. The number of nitrogens with one attached hydrogen (secondary N) is 2. The van der Waals surface area contributed by atoms with E-state index in [-0.39, 0.29) is 29.5 Å². The molecule has 0 saturated heterocycles. The Kier molecular flexibility index (Phi) is 8.90. The van der Waals surface area contributed by atoms with Crippen molar-refractivity contribution in [2.24, 2.45) is 4.99 Å². The Morgan fingerprint density at radius 1 is 1.09 bits per heavy atom. The van der Waals surface area contributed by atoms with Gasteiger partial charge >= 0.3 is 12.1 Å². The van der Waals surface area contributed by atoms with Crippen molar-refractivity contribution in [1.82, 2.24) is 9.97 Å². The molecule has 0 spiro atoms. The van der Waals surface area contributed by atoms with Gasteiger partial charge in [0.05, 0.1) is 12.2 Å². The van der Waals surface area contributed by atoms with E-state index in [1.165, 1.54) is 18.3 Å². The van der Waals surface area contributed by atoms with E-state index >= 15 is 0 Å². The van der Waals surface area contributed by atoms with Crippen LogP contribution in [0.25, 0.3) is 0 Å². The van der Waals surface area contributed by atoms with Gasteiger partial charge in [0.1, 0.15) is 22.8 Å². The molecule has 2 aromatic heterocycles. The summed E-state index contributed by atoms with van der Waals surface area (Å²) < 4.78 is 49.7. The lowest BCUT2D eigenvalue weighted by Gasteiger charge is -2.11. The number of hydrogen-bond acceptors (Lipinski definition) is 5. The lowest BCUT2D eigenvalue weighted by Crippen LogP contribution is -2.19. The normalized spacial score (nSPS) is 11.3. The minimum absolute atomic E-state index is 0.0985. The summed E-state index contributed by atoms with van der Waals surface area (Å²) in [7, 11) is 0. The number of carbonyl (C=O) groups excluding carboxylic acids is 1. The van der Waals surface area contributed by atoms with Crippen LogP contribution in [0, 0.1) is 5.41 Å². The van der Waals surface area contributed by atoms with Gasteiger partial charge in [-0.2, -0.15) is 18.2 Å². The lowest BCUT2D eigenvalue weighted by molar-refractivity contribution is -0.141. The first-order chi connectivity index (χ1) is 15.8. The van der Waals surface area contributed by atoms with Crippen LogP contribution in [0.3, 0.4) is 0 Å². The fourth-order valence-electron chi connectivity index (χ4n) is 2.54. The number of aromatic nitrogens is 2. The van der Waals surface area contributed by atoms with Crippen LogP contribution in [0.5, 0.6) is 5.75 Å². The third-order valence-corrected chi connectivity index (χ3v) is 3.91. The highest BCUT2D eigenvalue weighted by molar-refractivity contribution is 6.11. The lowest BCUT2D eigenvalue weighted by atomic mass is 10.2. The van der Waals surface area contributed by atoms with E-state index in [1.54, 1.807) is 37.3 Å². The van der Waals surface area contributed by atoms with Crippen LogP contribution in [-0.4, -0.2) is 34.3 Å². The topological polar surface area (TPSA) is 100 Å². The summed E-state index contributed by atoms with van der Waals surface area (Å²) in [6, 6.07) is 13.0. The monoisotopic (exact) mass is 460 g/mol. The van der Waals surface area contributed by atoms with Crippen LogP contribution in [0.1, 0.15) is 48.2 Å². The average Bonchev–Trinajstić information content (AvgIpc) is 3.30. The molecule has 174 valence electrons. The van der Waals surface area contributed by atoms with Gasteiger partial charge < -0.3 is 14.5 Å². The predicted molar refractivity (Wildman–Crippen MR) is 118 cm³/mol. The van der Waals surface area contributed by atoms with Gasteiger partial charge in [-0.05, 0) is 37.3 Å². The summed E-state index contributed by atoms with van der Waals surface area (Å²) >= 11 is 0. The van der Waals surface area contributed by atoms with Crippen molar-refractivity contribution in [3.05, 3.63) is 83.4 Å². The van der Waals surface area contributed by atoms with E-state index in [9.17, 15) is 18.0 Å². The molecule has 33 heavy (non-hydrogen) atoms. The zero-order chi connectivity index (χ0) is 24.4. The highest BCUT2D eigenvalue weighted by Crippen LogP contribution is 2.27. The number of rotatable bonds is 5. The first-order valence-corrected chi connectivity index (χ1v) is 10.1. The summed E-state index contributed by atoms with van der Waals surface area (Å²) in [5, 5.41) is 8.16. The largest absolute Gasteiger partial charge is 0.462 e. The second kappa shape index (κ2) is 11.6. The quantitative estimate of drug-likeness (QED) is 0.299. The van der Waals surface area contributed by atoms with Gasteiger partial charge in [-0.15, -0.1) is 0 Å². The maximum absolute atomic E-state index is 13.0. The summed E-state index contributed by atoms with van der Waals surface area (Å²) in [4.78, 5) is 22.5. The minimum atomic E-state index is -4.67. The van der Waals surface area contributed by atoms with Gasteiger partial charge in [0.15, 0.2) is 5.84 Å². The molecule has 0 aliphatic rings. The second-order valence-corrected chi connectivity index (χ2v) is 6.07. The molecule has 0 aliphatic carbocycles. The number of aliphatic imine (C=N–C) groups is 1. The number of aromatic amines is 1. The van der Waals surface area contributed by atoms with E-state index in [0.29, 0.717) is 5.75 Å². The molecular formula is C23H23F3N4O3. The number of ether oxygens (including phenoxy) is 2. The molecule has 0 amide bonds. The van der Waals surface area contributed by atoms with Crippen molar-refractivity contribution in [1.29, 1.82) is 5.41 Å². The first kappa shape index (κ1) is 25.3. The molecule has 10 heteroatoms. The number of alkyl halides is 3. The fourth-order valence-corrected chi connectivity index (χ4v) is 2.54. The first-order valence-electron chi connectivity index (χ1n) is 10.1. The molecule has 0 aliphatic heterocycles. The Morgan fingerprint density at radius 3 is 2.42 bits per heavy atom. The van der Waals surface area contributed by atoms with Crippen LogP contribution in [0.2, 0.25) is 0 Å². The van der Waals surface area contributed by atoms with E-state index in [4.69, 9.17) is 14.9 Å². The van der Waals surface area contributed by atoms with Crippen LogP contribution < -0.4 is 4.74 Å². The molecule has 3 aromatic rings. The maximum atomic E-state index is 13.0. The Balaban J connectivity index is 0.00000187. The van der Waals surface area contributed by atoms with Crippen molar-refractivity contribution >= 4 is 17.7 Å². The van der Waals surface area contributed by atoms with E-state index in [1.807, 2.05) is 13.8 Å². The van der Waals surface area contributed by atoms with Gasteiger partial charge in [-0.1, -0.05) is 38.1 Å². The van der Waals surface area contributed by atoms with Crippen molar-refractivity contribution < 1.29 is 27.4 Å². The van der Waals surface area contributed by atoms with Gasteiger partial charge in [0.2, 0.25) is 5.90 Å². The Hall–Kier alpha value is -3.95. The molecule has 1 aromatic carbocycles. The number of hydrogen-bond donors (Lipinski definition) is 2. The van der Waals surface area contributed by atoms with Crippen molar-refractivity contribution in [2.75, 3.05) is 6.61 Å². The Labute approximate surface area is 188 Å². The zero-order valence-electron chi connectivity index (χ0n) is 18.2. The average molecular weight is 460 g/mol. The van der Waals surface area contributed by atoms with Crippen molar-refractivity contribution in [2.45, 2.75) is 26.9 Å². The summed E-state index contributed by atoms with van der Waals surface area (Å²) in [5.74, 6) is -1.09. The van der Waals surface area contributed by atoms with Gasteiger partial charge in [0.25, 0.3) is 0 Å². The van der Waals surface area contributed by atoms with E-state index < -0.39 is 23.7 Å². The number of carbonyl (C=O) groups is 1. The molecule has 0 fully saturated rings. The highest BCUT2D eigenvalue weighted by Gasteiger charge is 2.32. The molecule has 2 N–H and O–H groups in total. The number of halogens is 3. The smallest absolute Gasteiger partial charge is 0.433 e. The van der Waals surface area contributed by atoms with Crippen LogP contribution in [0.4, 0.5) is 13.2 Å². The summed E-state index contributed by atoms with van der Waals surface area (Å²) in [6.07, 6.45) is -3.21. The Morgan fingerprint density at radius 2 is 1.79 bits per heavy atom. The van der Waals surface area contributed by atoms with Crippen LogP contribution >= 0.6 is 0 Å². The van der Waals surface area contributed by atoms with Gasteiger partial charge in [0, 0.05) is 6.20 Å². The number of amidine groups is 1. The number of H-pyrrole nitrogens is 1. The number of para-hydroxylation sites is 1. The highest BCUT2D eigenvalue weighted by atomic mass is 19.4. The standard InChI is InChI=1S/C21H17F3N4O3.C2H6/c1-2-30-20(29)14-11-12-26-17(14)19(31-13-7-4-3-5-8-13)28-18(25)15-9-6-10-16(27-15)21(22,23)24;1-2/h3-12,25-26H,2H2,1H3;1-2H3. The minimum Gasteiger partial charge on any atom is -0.462 e. The number of nitrogens with zero attached hydrogens (tertiary/aromatic N) is 2. The molecule has 0 radical (unpaired) electrons. The van der Waals surface area contributed by atoms with E-state index in [2.05, 4.69) is 15.0 Å². The van der Waals surface area contributed by atoms with Gasteiger partial charge in [-0.25, -0.2) is 9.78 Å². The van der Waals surface area contributed by atoms with Crippen molar-refractivity contribution in [3.8, 4) is 5.75 Å². The molecule has 0 bridgehead atoms. The van der Waals surface area contributed by atoms with Gasteiger partial charge in [-0.3, -0.25) is 5.41 Å². The molecular weight excluding hydrogens is 437 g/mol. The second-order valence-electron chi connectivity index (χ2n) is 6.07. The third-order valence-electron chi connectivity index (χ3n) is 3.91. The molecule has 3 rings (SSSR count). The summed E-state index contributed by atoms with van der Waals surface area (Å²) in [5.41, 5.74) is -1.25. The van der Waals surface area contributed by atoms with Crippen molar-refractivity contribution in [3.63, 3.8) is 0 Å². The maximum Gasteiger partial charge on any atom is 0.433 e. The van der Waals surface area contributed by atoms with E-state index in [0.717, 1.165) is 12.1 Å².